The first-order valence-corrected chi connectivity index (χ1v) is 6.96. The quantitative estimate of drug-likeness (QED) is 0.166. The smallest absolute Gasteiger partial charge is 0.375 e. The van der Waals surface area contributed by atoms with Crippen LogP contribution in [0.2, 0.25) is 0 Å². The number of nitrogens with zero attached hydrogens (tertiary/aromatic N) is 1. The van der Waals surface area contributed by atoms with Crippen LogP contribution >= 0.6 is 0 Å². The standard InChI is InChI=1S/C15H16N2O9/c1-7-4-5-8(17(23)24)6-9(7)16-13(20)11(18)10(14(21)25-2)12(19)15(22)26-3/h4-6,10,16,18,20H,1-3H3/p-1. The zero-order chi connectivity index (χ0) is 20.0. The Morgan fingerprint density at radius 1 is 1.23 bits per heavy atom. The molecule has 26 heavy (non-hydrogen) atoms. The average molecular weight is 367 g/mol. The van der Waals surface area contributed by atoms with E-state index in [0.717, 1.165) is 20.3 Å². The van der Waals surface area contributed by atoms with Crippen LogP contribution in [0.4, 0.5) is 11.4 Å². The summed E-state index contributed by atoms with van der Waals surface area (Å²) in [5, 5.41) is 35.1. The molecule has 0 bridgehead atoms. The second-order valence-corrected chi connectivity index (χ2v) is 4.91. The van der Waals surface area contributed by atoms with Gasteiger partial charge in [0.15, 0.2) is 5.88 Å². The fourth-order valence-electron chi connectivity index (χ4n) is 1.85. The monoisotopic (exact) mass is 367 g/mol. The van der Waals surface area contributed by atoms with Crippen LogP contribution in [0.15, 0.2) is 29.8 Å². The van der Waals surface area contributed by atoms with Gasteiger partial charge in [0.2, 0.25) is 0 Å². The van der Waals surface area contributed by atoms with E-state index in [1.807, 2.05) is 0 Å². The van der Waals surface area contributed by atoms with Crippen molar-refractivity contribution >= 4 is 29.1 Å². The lowest BCUT2D eigenvalue weighted by atomic mass is 10.0. The Morgan fingerprint density at radius 2 is 1.85 bits per heavy atom. The SMILES string of the molecule is COC(=O)C(=O)C(C(=O)OC)C([O-])=C(O)Nc1cc([N+](=O)[O-])ccc1C. The van der Waals surface area contributed by atoms with E-state index in [-0.39, 0.29) is 11.4 Å². The molecule has 0 aliphatic carbocycles. The molecule has 0 fully saturated rings. The first kappa shape index (κ1) is 20.4. The van der Waals surface area contributed by atoms with Crippen molar-refractivity contribution in [3.8, 4) is 0 Å². The summed E-state index contributed by atoms with van der Waals surface area (Å²) in [7, 11) is 1.75. The molecule has 0 spiro atoms. The number of aliphatic hydroxyl groups is 1. The predicted molar refractivity (Wildman–Crippen MR) is 83.6 cm³/mol. The number of nitro benzene ring substituents is 1. The van der Waals surface area contributed by atoms with Gasteiger partial charge < -0.3 is 25.0 Å². The molecule has 0 aliphatic heterocycles. The number of carbonyl (C=O) groups is 3. The van der Waals surface area contributed by atoms with Crippen LogP contribution in [-0.4, -0.2) is 42.0 Å². The Hall–Kier alpha value is -3.63. The van der Waals surface area contributed by atoms with Crippen molar-refractivity contribution in [3.05, 3.63) is 45.5 Å². The maximum atomic E-state index is 12.2. The molecule has 0 heterocycles. The fourth-order valence-corrected chi connectivity index (χ4v) is 1.85. The molecule has 0 radical (unpaired) electrons. The van der Waals surface area contributed by atoms with E-state index in [1.54, 1.807) is 0 Å². The van der Waals surface area contributed by atoms with Gasteiger partial charge in [-0.1, -0.05) is 6.07 Å². The van der Waals surface area contributed by atoms with Gasteiger partial charge in [-0.25, -0.2) is 4.79 Å². The minimum Gasteiger partial charge on any atom is -0.871 e. The van der Waals surface area contributed by atoms with Crippen molar-refractivity contribution in [2.45, 2.75) is 6.92 Å². The first-order chi connectivity index (χ1) is 12.1. The van der Waals surface area contributed by atoms with E-state index in [0.29, 0.717) is 5.56 Å². The molecule has 1 aromatic rings. The third-order valence-corrected chi connectivity index (χ3v) is 3.27. The number of nitrogens with one attached hydrogen (secondary N) is 1. The summed E-state index contributed by atoms with van der Waals surface area (Å²) in [5.74, 6) is -9.31. The number of hydrogen-bond acceptors (Lipinski definition) is 10. The predicted octanol–water partition coefficient (Wildman–Crippen LogP) is -0.0662. The van der Waals surface area contributed by atoms with Gasteiger partial charge in [0.05, 0.1) is 24.8 Å². The number of benzene rings is 1. The molecule has 0 aliphatic rings. The summed E-state index contributed by atoms with van der Waals surface area (Å²) in [4.78, 5) is 44.9. The molecule has 0 saturated heterocycles. The highest BCUT2D eigenvalue weighted by Gasteiger charge is 2.34. The lowest BCUT2D eigenvalue weighted by molar-refractivity contribution is -0.384. The van der Waals surface area contributed by atoms with Crippen LogP contribution in [0.3, 0.4) is 0 Å². The summed E-state index contributed by atoms with van der Waals surface area (Å²) in [5.41, 5.74) is 0.0801. The summed E-state index contributed by atoms with van der Waals surface area (Å²) in [6.07, 6.45) is 0. The molecule has 11 heteroatoms. The third kappa shape index (κ3) is 4.47. The second-order valence-electron chi connectivity index (χ2n) is 4.91. The number of ether oxygens (including phenoxy) is 2. The largest absolute Gasteiger partial charge is 0.871 e. The number of esters is 2. The zero-order valence-electron chi connectivity index (χ0n) is 14.0. The first-order valence-electron chi connectivity index (χ1n) is 6.96. The topological polar surface area (TPSA) is 168 Å². The fraction of sp³-hybridized carbons (Fsp3) is 0.267. The molecule has 0 amide bonds. The van der Waals surface area contributed by atoms with Crippen molar-refractivity contribution in [3.63, 3.8) is 0 Å². The molecule has 140 valence electrons. The van der Waals surface area contributed by atoms with E-state index >= 15 is 0 Å². The highest BCUT2D eigenvalue weighted by molar-refractivity contribution is 6.38. The molecule has 0 aromatic heterocycles. The van der Waals surface area contributed by atoms with Crippen LogP contribution in [-0.2, 0) is 23.9 Å². The van der Waals surface area contributed by atoms with Gasteiger partial charge in [-0.2, -0.15) is 0 Å². The summed E-state index contributed by atoms with van der Waals surface area (Å²) in [6, 6.07) is 3.60. The van der Waals surface area contributed by atoms with Crippen LogP contribution in [0.5, 0.6) is 0 Å². The third-order valence-electron chi connectivity index (χ3n) is 3.27. The average Bonchev–Trinajstić information content (AvgIpc) is 2.61. The molecule has 11 nitrogen and oxygen atoms in total. The van der Waals surface area contributed by atoms with E-state index < -0.39 is 40.2 Å². The molecule has 1 rings (SSSR count). The Balaban J connectivity index is 3.29. The van der Waals surface area contributed by atoms with Gasteiger partial charge in [-0.05, 0) is 18.2 Å². The molecule has 2 N–H and O–H groups in total. The van der Waals surface area contributed by atoms with Crippen molar-refractivity contribution in [1.82, 2.24) is 0 Å². The molecule has 1 atom stereocenters. The number of Topliss-reactive ketones (excluding diaryl/α,β-unsaturated/α-hetero) is 1. The number of hydrogen-bond donors (Lipinski definition) is 2. The highest BCUT2D eigenvalue weighted by atomic mass is 16.6. The second kappa shape index (κ2) is 8.46. The number of nitro groups is 1. The Labute approximate surface area is 147 Å². The van der Waals surface area contributed by atoms with Crippen LogP contribution < -0.4 is 10.4 Å². The normalized spacial score (nSPS) is 12.4. The minimum absolute atomic E-state index is 0.0146. The number of non-ortho nitro benzene ring substituents is 1. The van der Waals surface area contributed by atoms with Gasteiger partial charge in [-0.3, -0.25) is 19.7 Å². The van der Waals surface area contributed by atoms with Crippen LogP contribution in [0.1, 0.15) is 5.56 Å². The Kier molecular flexibility index (Phi) is 6.64. The Bertz CT molecular complexity index is 785. The number of carbonyl (C=O) groups excluding carboxylic acids is 3. The van der Waals surface area contributed by atoms with Gasteiger partial charge >= 0.3 is 11.9 Å². The van der Waals surface area contributed by atoms with Gasteiger partial charge in [0, 0.05) is 12.1 Å². The maximum Gasteiger partial charge on any atom is 0.375 e. The summed E-state index contributed by atoms with van der Waals surface area (Å²) >= 11 is 0. The molecule has 1 aromatic carbocycles. The Morgan fingerprint density at radius 3 is 2.35 bits per heavy atom. The number of aryl methyl sites for hydroxylation is 1. The lowest BCUT2D eigenvalue weighted by Gasteiger charge is -2.22. The number of ketones is 1. The zero-order valence-corrected chi connectivity index (χ0v) is 14.0. The van der Waals surface area contributed by atoms with E-state index in [9.17, 15) is 34.7 Å². The number of anilines is 1. The summed E-state index contributed by atoms with van der Waals surface area (Å²) < 4.78 is 8.46. The molecular formula is C15H15N2O9-. The number of aliphatic hydroxyl groups excluding tert-OH is 1. The van der Waals surface area contributed by atoms with Crippen molar-refractivity contribution < 1.29 is 39.0 Å². The van der Waals surface area contributed by atoms with Crippen molar-refractivity contribution in [2.75, 3.05) is 19.5 Å². The number of rotatable bonds is 7. The van der Waals surface area contributed by atoms with Gasteiger partial charge in [-0.15, -0.1) is 0 Å². The van der Waals surface area contributed by atoms with Gasteiger partial charge in [0.25, 0.3) is 11.5 Å². The highest BCUT2D eigenvalue weighted by Crippen LogP contribution is 2.24. The lowest BCUT2D eigenvalue weighted by Crippen LogP contribution is -2.38. The van der Waals surface area contributed by atoms with Crippen molar-refractivity contribution in [2.24, 2.45) is 5.92 Å². The van der Waals surface area contributed by atoms with E-state index in [4.69, 9.17) is 0 Å². The molecule has 0 saturated carbocycles. The summed E-state index contributed by atoms with van der Waals surface area (Å²) in [6.45, 7) is 1.53. The van der Waals surface area contributed by atoms with E-state index in [2.05, 4.69) is 14.8 Å². The molecular weight excluding hydrogens is 352 g/mol. The van der Waals surface area contributed by atoms with Gasteiger partial charge in [0.1, 0.15) is 5.92 Å². The van der Waals surface area contributed by atoms with Crippen LogP contribution in [0, 0.1) is 23.0 Å². The number of methoxy groups -OCH3 is 2. The maximum absolute atomic E-state index is 12.2. The molecule has 1 unspecified atom stereocenters. The van der Waals surface area contributed by atoms with Crippen molar-refractivity contribution in [1.29, 1.82) is 0 Å². The van der Waals surface area contributed by atoms with E-state index in [1.165, 1.54) is 19.1 Å². The van der Waals surface area contributed by atoms with Crippen LogP contribution in [0.25, 0.3) is 0 Å². The minimum atomic E-state index is -2.28.